The van der Waals surface area contributed by atoms with Gasteiger partial charge in [0.2, 0.25) is 5.13 Å². The lowest BCUT2D eigenvalue weighted by Gasteiger charge is -2.26. The summed E-state index contributed by atoms with van der Waals surface area (Å²) in [4.78, 5) is 0. The summed E-state index contributed by atoms with van der Waals surface area (Å²) < 4.78 is 6.86. The SMILES string of the molecule is CCNc1nnc(SC[C@H](O)CO[C@@H]2CCCc3ccccc32)s1. The molecule has 0 fully saturated rings. The van der Waals surface area contributed by atoms with Crippen LogP contribution in [0.15, 0.2) is 28.6 Å². The molecule has 5 nitrogen and oxygen atoms in total. The fourth-order valence-corrected chi connectivity index (χ4v) is 4.57. The second kappa shape index (κ2) is 8.80. The van der Waals surface area contributed by atoms with Crippen molar-refractivity contribution in [2.45, 2.75) is 42.7 Å². The van der Waals surface area contributed by atoms with Crippen LogP contribution < -0.4 is 5.32 Å². The van der Waals surface area contributed by atoms with Gasteiger partial charge < -0.3 is 15.2 Å². The molecule has 0 unspecified atom stereocenters. The summed E-state index contributed by atoms with van der Waals surface area (Å²) in [6.45, 7) is 3.21. The molecule has 1 aliphatic carbocycles. The zero-order valence-corrected chi connectivity index (χ0v) is 15.4. The summed E-state index contributed by atoms with van der Waals surface area (Å²) in [7, 11) is 0. The van der Waals surface area contributed by atoms with E-state index < -0.39 is 6.10 Å². The minimum atomic E-state index is -0.504. The largest absolute Gasteiger partial charge is 0.390 e. The van der Waals surface area contributed by atoms with Crippen molar-refractivity contribution >= 4 is 28.2 Å². The highest BCUT2D eigenvalue weighted by atomic mass is 32.2. The highest BCUT2D eigenvalue weighted by Crippen LogP contribution is 2.32. The molecule has 2 atom stereocenters. The van der Waals surface area contributed by atoms with Gasteiger partial charge in [-0.1, -0.05) is 47.4 Å². The number of anilines is 1. The Bertz CT molecular complexity index is 650. The van der Waals surface area contributed by atoms with Crippen molar-refractivity contribution in [2.75, 3.05) is 24.2 Å². The van der Waals surface area contributed by atoms with Gasteiger partial charge in [-0.2, -0.15) is 0 Å². The maximum Gasteiger partial charge on any atom is 0.206 e. The molecule has 1 aromatic carbocycles. The van der Waals surface area contributed by atoms with E-state index in [0.29, 0.717) is 12.4 Å². The van der Waals surface area contributed by atoms with E-state index in [4.69, 9.17) is 4.74 Å². The van der Waals surface area contributed by atoms with Crippen LogP contribution in [0.4, 0.5) is 5.13 Å². The summed E-state index contributed by atoms with van der Waals surface area (Å²) in [6, 6.07) is 8.46. The van der Waals surface area contributed by atoms with Crippen LogP contribution in [0.3, 0.4) is 0 Å². The van der Waals surface area contributed by atoms with Crippen LogP contribution in [-0.2, 0) is 11.2 Å². The van der Waals surface area contributed by atoms with Crippen molar-refractivity contribution in [1.29, 1.82) is 0 Å². The van der Waals surface area contributed by atoms with E-state index in [1.54, 1.807) is 0 Å². The molecule has 0 amide bonds. The summed E-state index contributed by atoms with van der Waals surface area (Å²) in [5, 5.41) is 22.3. The average Bonchev–Trinajstić information content (AvgIpc) is 3.06. The molecule has 24 heavy (non-hydrogen) atoms. The minimum absolute atomic E-state index is 0.108. The third kappa shape index (κ3) is 4.69. The van der Waals surface area contributed by atoms with Crippen molar-refractivity contribution in [1.82, 2.24) is 10.2 Å². The van der Waals surface area contributed by atoms with Gasteiger partial charge in [0.1, 0.15) is 0 Å². The first-order chi connectivity index (χ1) is 11.8. The lowest BCUT2D eigenvalue weighted by molar-refractivity contribution is -0.00959. The lowest BCUT2D eigenvalue weighted by Crippen LogP contribution is -2.22. The van der Waals surface area contributed by atoms with Crippen LogP contribution in [0.5, 0.6) is 0 Å². The molecule has 3 rings (SSSR count). The number of aliphatic hydroxyl groups is 1. The number of hydrogen-bond acceptors (Lipinski definition) is 7. The second-order valence-electron chi connectivity index (χ2n) is 5.78. The Kier molecular flexibility index (Phi) is 6.48. The molecule has 0 saturated heterocycles. The molecule has 0 saturated carbocycles. The van der Waals surface area contributed by atoms with Crippen LogP contribution in [0, 0.1) is 0 Å². The molecule has 2 N–H and O–H groups in total. The van der Waals surface area contributed by atoms with Gasteiger partial charge in [0.05, 0.1) is 18.8 Å². The first-order valence-electron chi connectivity index (χ1n) is 8.34. The Labute approximate surface area is 150 Å². The van der Waals surface area contributed by atoms with E-state index >= 15 is 0 Å². The van der Waals surface area contributed by atoms with E-state index in [1.807, 2.05) is 6.92 Å². The molecule has 2 aromatic rings. The number of hydrogen-bond donors (Lipinski definition) is 2. The summed E-state index contributed by atoms with van der Waals surface area (Å²) in [5.74, 6) is 0.565. The third-order valence-corrected chi connectivity index (χ3v) is 6.10. The molecule has 1 heterocycles. The molecule has 0 bridgehead atoms. The van der Waals surface area contributed by atoms with Crippen LogP contribution in [-0.4, -0.2) is 40.3 Å². The van der Waals surface area contributed by atoms with Crippen molar-refractivity contribution in [2.24, 2.45) is 0 Å². The van der Waals surface area contributed by atoms with Gasteiger partial charge in [-0.25, -0.2) is 0 Å². The standard InChI is InChI=1S/C17H23N3O2S2/c1-2-18-16-19-20-17(24-16)23-11-13(21)10-22-15-9-5-7-12-6-3-4-8-14(12)15/h3-4,6,8,13,15,21H,2,5,7,9-11H2,1H3,(H,18,19)/t13-,15-/m1/s1. The van der Waals surface area contributed by atoms with E-state index in [1.165, 1.54) is 34.2 Å². The fraction of sp³-hybridized carbons (Fsp3) is 0.529. The molecule has 0 spiro atoms. The lowest BCUT2D eigenvalue weighted by atomic mass is 9.89. The molecule has 130 valence electrons. The first kappa shape index (κ1) is 17.7. The van der Waals surface area contributed by atoms with Gasteiger partial charge in [-0.15, -0.1) is 10.2 Å². The summed E-state index contributed by atoms with van der Waals surface area (Å²) in [5.41, 5.74) is 2.66. The maximum absolute atomic E-state index is 10.2. The molecule has 1 aliphatic rings. The van der Waals surface area contributed by atoms with Gasteiger partial charge in [-0.3, -0.25) is 0 Å². The number of ether oxygens (including phenoxy) is 1. The van der Waals surface area contributed by atoms with E-state index in [-0.39, 0.29) is 6.10 Å². The molecule has 0 radical (unpaired) electrons. The van der Waals surface area contributed by atoms with Crippen molar-refractivity contribution in [3.63, 3.8) is 0 Å². The van der Waals surface area contributed by atoms with Gasteiger partial charge in [0, 0.05) is 12.3 Å². The third-order valence-electron chi connectivity index (χ3n) is 3.94. The number of thioether (sulfide) groups is 1. The van der Waals surface area contributed by atoms with Crippen molar-refractivity contribution in [3.8, 4) is 0 Å². The Morgan fingerprint density at radius 1 is 1.42 bits per heavy atom. The normalized spacial score (nSPS) is 18.2. The van der Waals surface area contributed by atoms with E-state index in [0.717, 1.165) is 35.3 Å². The monoisotopic (exact) mass is 365 g/mol. The number of fused-ring (bicyclic) bond motifs is 1. The fourth-order valence-electron chi connectivity index (χ4n) is 2.82. The van der Waals surface area contributed by atoms with Crippen LogP contribution in [0.1, 0.15) is 37.0 Å². The zero-order valence-electron chi connectivity index (χ0n) is 13.8. The van der Waals surface area contributed by atoms with Crippen LogP contribution in [0.25, 0.3) is 0 Å². The highest BCUT2D eigenvalue weighted by molar-refractivity contribution is 8.01. The number of nitrogens with zero attached hydrogens (tertiary/aromatic N) is 2. The van der Waals surface area contributed by atoms with Crippen molar-refractivity contribution < 1.29 is 9.84 Å². The number of aliphatic hydroxyl groups excluding tert-OH is 1. The minimum Gasteiger partial charge on any atom is -0.390 e. The highest BCUT2D eigenvalue weighted by Gasteiger charge is 2.21. The number of benzene rings is 1. The maximum atomic E-state index is 10.2. The molecule has 0 aliphatic heterocycles. The smallest absolute Gasteiger partial charge is 0.206 e. The average molecular weight is 366 g/mol. The van der Waals surface area contributed by atoms with E-state index in [9.17, 15) is 5.11 Å². The number of rotatable bonds is 8. The Hall–Kier alpha value is -1.15. The van der Waals surface area contributed by atoms with Gasteiger partial charge in [-0.05, 0) is 37.3 Å². The summed E-state index contributed by atoms with van der Waals surface area (Å²) in [6.07, 6.45) is 2.90. The Balaban J connectivity index is 1.45. The molecular weight excluding hydrogens is 342 g/mol. The quantitative estimate of drug-likeness (QED) is 0.698. The Morgan fingerprint density at radius 3 is 3.17 bits per heavy atom. The first-order valence-corrected chi connectivity index (χ1v) is 10.1. The van der Waals surface area contributed by atoms with Crippen LogP contribution >= 0.6 is 23.1 Å². The predicted molar refractivity (Wildman–Crippen MR) is 98.9 cm³/mol. The van der Waals surface area contributed by atoms with E-state index in [2.05, 4.69) is 39.8 Å². The second-order valence-corrected chi connectivity index (χ2v) is 8.03. The van der Waals surface area contributed by atoms with Gasteiger partial charge in [0.25, 0.3) is 0 Å². The van der Waals surface area contributed by atoms with Crippen LogP contribution in [0.2, 0.25) is 0 Å². The molecule has 7 heteroatoms. The zero-order chi connectivity index (χ0) is 16.8. The predicted octanol–water partition coefficient (Wildman–Crippen LogP) is 3.52. The number of aryl methyl sites for hydroxylation is 1. The number of nitrogens with one attached hydrogen (secondary N) is 1. The van der Waals surface area contributed by atoms with Gasteiger partial charge >= 0.3 is 0 Å². The molecule has 1 aromatic heterocycles. The van der Waals surface area contributed by atoms with Crippen molar-refractivity contribution in [3.05, 3.63) is 35.4 Å². The molecular formula is C17H23N3O2S2. The Morgan fingerprint density at radius 2 is 2.29 bits per heavy atom. The topological polar surface area (TPSA) is 67.3 Å². The summed E-state index contributed by atoms with van der Waals surface area (Å²) >= 11 is 3.04. The van der Waals surface area contributed by atoms with Gasteiger partial charge in [0.15, 0.2) is 4.34 Å². The number of aromatic nitrogens is 2.